The number of oxazole rings is 1. The number of carbonyl (C=O) groups excluding carboxylic acids is 1. The second-order valence-electron chi connectivity index (χ2n) is 3.95. The zero-order valence-electron chi connectivity index (χ0n) is 10.4. The molecule has 0 saturated carbocycles. The van der Waals surface area contributed by atoms with Gasteiger partial charge >= 0.3 is 0 Å². The highest BCUT2D eigenvalue weighted by atomic mass is 16.3. The lowest BCUT2D eigenvalue weighted by atomic mass is 10.2. The minimum absolute atomic E-state index is 0.0312. The number of nitrogens with zero attached hydrogens (tertiary/aromatic N) is 1. The molecule has 0 unspecified atom stereocenters. The fourth-order valence-corrected chi connectivity index (χ4v) is 1.59. The Morgan fingerprint density at radius 1 is 1.50 bits per heavy atom. The van der Waals surface area contributed by atoms with E-state index in [4.69, 9.17) is 4.42 Å². The van der Waals surface area contributed by atoms with Crippen LogP contribution in [0.3, 0.4) is 0 Å². The minimum atomic E-state index is -0.0312. The van der Waals surface area contributed by atoms with Crippen molar-refractivity contribution in [1.82, 2.24) is 10.3 Å². The van der Waals surface area contributed by atoms with Crippen LogP contribution in [0, 0.1) is 18.8 Å². The molecule has 4 heteroatoms. The van der Waals surface area contributed by atoms with Gasteiger partial charge in [0.15, 0.2) is 11.5 Å². The van der Waals surface area contributed by atoms with E-state index >= 15 is 0 Å². The van der Waals surface area contributed by atoms with Gasteiger partial charge in [-0.15, -0.1) is 0 Å². The smallest absolute Gasteiger partial charge is 0.216 e. The Balaban J connectivity index is 2.03. The average Bonchev–Trinajstić information content (AvgIpc) is 2.67. The number of aromatic nitrogens is 1. The van der Waals surface area contributed by atoms with Crippen LogP contribution in [0.15, 0.2) is 22.6 Å². The summed E-state index contributed by atoms with van der Waals surface area (Å²) >= 11 is 0. The van der Waals surface area contributed by atoms with Gasteiger partial charge in [0.25, 0.3) is 0 Å². The molecule has 0 spiro atoms. The molecule has 0 bridgehead atoms. The molecule has 1 aromatic carbocycles. The van der Waals surface area contributed by atoms with Crippen molar-refractivity contribution in [1.29, 1.82) is 0 Å². The van der Waals surface area contributed by atoms with E-state index in [-0.39, 0.29) is 5.91 Å². The van der Waals surface area contributed by atoms with Gasteiger partial charge < -0.3 is 9.73 Å². The lowest BCUT2D eigenvalue weighted by Crippen LogP contribution is -2.20. The summed E-state index contributed by atoms with van der Waals surface area (Å²) in [5, 5.41) is 2.70. The number of fused-ring (bicyclic) bond motifs is 1. The highest BCUT2D eigenvalue weighted by molar-refractivity contribution is 5.74. The maximum Gasteiger partial charge on any atom is 0.216 e. The summed E-state index contributed by atoms with van der Waals surface area (Å²) < 4.78 is 5.39. The van der Waals surface area contributed by atoms with Crippen molar-refractivity contribution in [2.24, 2.45) is 0 Å². The average molecular weight is 242 g/mol. The topological polar surface area (TPSA) is 55.1 Å². The van der Waals surface area contributed by atoms with Crippen molar-refractivity contribution in [3.05, 3.63) is 29.7 Å². The largest absolute Gasteiger partial charge is 0.441 e. The van der Waals surface area contributed by atoms with Crippen molar-refractivity contribution in [2.75, 3.05) is 6.54 Å². The first-order chi connectivity index (χ1) is 8.65. The Kier molecular flexibility index (Phi) is 3.63. The van der Waals surface area contributed by atoms with Gasteiger partial charge in [0.1, 0.15) is 5.52 Å². The SMILES string of the molecule is CC(=O)NCCC#Cc1ccc2oc(C)nc2c1. The first-order valence-corrected chi connectivity index (χ1v) is 5.75. The van der Waals surface area contributed by atoms with Gasteiger partial charge in [0.2, 0.25) is 5.91 Å². The lowest BCUT2D eigenvalue weighted by Gasteiger charge is -1.94. The van der Waals surface area contributed by atoms with E-state index in [1.807, 2.05) is 25.1 Å². The van der Waals surface area contributed by atoms with Gasteiger partial charge in [-0.05, 0) is 18.2 Å². The summed E-state index contributed by atoms with van der Waals surface area (Å²) in [4.78, 5) is 14.9. The first-order valence-electron chi connectivity index (χ1n) is 5.75. The lowest BCUT2D eigenvalue weighted by molar-refractivity contribution is -0.118. The van der Waals surface area contributed by atoms with Gasteiger partial charge in [-0.3, -0.25) is 4.79 Å². The van der Waals surface area contributed by atoms with E-state index in [1.54, 1.807) is 0 Å². The van der Waals surface area contributed by atoms with Crippen molar-refractivity contribution in [2.45, 2.75) is 20.3 Å². The predicted octanol–water partition coefficient (Wildman–Crippen LogP) is 2.01. The van der Waals surface area contributed by atoms with Gasteiger partial charge in [0.05, 0.1) is 0 Å². The normalized spacial score (nSPS) is 9.89. The van der Waals surface area contributed by atoms with Crippen LogP contribution in [0.2, 0.25) is 0 Å². The number of carbonyl (C=O) groups is 1. The van der Waals surface area contributed by atoms with Crippen LogP contribution >= 0.6 is 0 Å². The van der Waals surface area contributed by atoms with E-state index in [2.05, 4.69) is 22.1 Å². The zero-order chi connectivity index (χ0) is 13.0. The molecule has 0 aliphatic carbocycles. The fraction of sp³-hybridized carbons (Fsp3) is 0.286. The summed E-state index contributed by atoms with van der Waals surface area (Å²) in [6.07, 6.45) is 0.634. The van der Waals surface area contributed by atoms with Crippen LogP contribution < -0.4 is 5.32 Å². The van der Waals surface area contributed by atoms with Crippen molar-refractivity contribution in [3.63, 3.8) is 0 Å². The van der Waals surface area contributed by atoms with Crippen molar-refractivity contribution < 1.29 is 9.21 Å². The van der Waals surface area contributed by atoms with Crippen LogP contribution in [0.4, 0.5) is 0 Å². The molecule has 2 rings (SSSR count). The number of amides is 1. The molecular formula is C14H14N2O2. The third kappa shape index (κ3) is 3.11. The molecule has 1 aromatic heterocycles. The molecule has 1 amide bonds. The number of aryl methyl sites for hydroxylation is 1. The monoisotopic (exact) mass is 242 g/mol. The molecule has 0 fully saturated rings. The predicted molar refractivity (Wildman–Crippen MR) is 68.9 cm³/mol. The summed E-state index contributed by atoms with van der Waals surface area (Å²) in [5.74, 6) is 6.66. The fourth-order valence-electron chi connectivity index (χ4n) is 1.59. The third-order valence-corrected chi connectivity index (χ3v) is 2.35. The molecule has 1 heterocycles. The van der Waals surface area contributed by atoms with E-state index in [9.17, 15) is 4.79 Å². The van der Waals surface area contributed by atoms with Gasteiger partial charge in [0, 0.05) is 32.4 Å². The van der Waals surface area contributed by atoms with Crippen LogP contribution in [0.1, 0.15) is 24.8 Å². The van der Waals surface area contributed by atoms with E-state index in [0.717, 1.165) is 16.7 Å². The second-order valence-corrected chi connectivity index (χ2v) is 3.95. The summed E-state index contributed by atoms with van der Waals surface area (Å²) in [6, 6.07) is 5.67. The Morgan fingerprint density at radius 2 is 2.33 bits per heavy atom. The van der Waals surface area contributed by atoms with Crippen LogP contribution in [0.25, 0.3) is 11.1 Å². The quantitative estimate of drug-likeness (QED) is 0.647. The first kappa shape index (κ1) is 12.2. The molecule has 4 nitrogen and oxygen atoms in total. The van der Waals surface area contributed by atoms with Gasteiger partial charge in [-0.1, -0.05) is 11.8 Å². The molecule has 0 radical (unpaired) electrons. The number of nitrogens with one attached hydrogen (secondary N) is 1. The summed E-state index contributed by atoms with van der Waals surface area (Å²) in [6.45, 7) is 3.89. The van der Waals surface area contributed by atoms with E-state index in [1.165, 1.54) is 6.92 Å². The molecular weight excluding hydrogens is 228 g/mol. The molecule has 2 aromatic rings. The maximum atomic E-state index is 10.6. The Hall–Kier alpha value is -2.28. The number of benzene rings is 1. The van der Waals surface area contributed by atoms with Gasteiger partial charge in [-0.25, -0.2) is 4.98 Å². The van der Waals surface area contributed by atoms with Gasteiger partial charge in [-0.2, -0.15) is 0 Å². The van der Waals surface area contributed by atoms with E-state index < -0.39 is 0 Å². The third-order valence-electron chi connectivity index (χ3n) is 2.35. The highest BCUT2D eigenvalue weighted by Gasteiger charge is 2.01. The Bertz CT molecular complexity index is 632. The molecule has 1 N–H and O–H groups in total. The maximum absolute atomic E-state index is 10.6. The summed E-state index contributed by atoms with van der Waals surface area (Å²) in [5.41, 5.74) is 2.50. The Labute approximate surface area is 105 Å². The number of hydrogen-bond acceptors (Lipinski definition) is 3. The van der Waals surface area contributed by atoms with Crippen molar-refractivity contribution >= 4 is 17.0 Å². The highest BCUT2D eigenvalue weighted by Crippen LogP contribution is 2.16. The standard InChI is InChI=1S/C14H14N2O2/c1-10(17)15-8-4-3-5-12-6-7-14-13(9-12)16-11(2)18-14/h6-7,9H,4,8H2,1-2H3,(H,15,17). The summed E-state index contributed by atoms with van der Waals surface area (Å²) in [7, 11) is 0. The number of rotatable bonds is 2. The molecule has 0 aliphatic rings. The molecule has 0 atom stereocenters. The van der Waals surface area contributed by atoms with Crippen LogP contribution in [-0.4, -0.2) is 17.4 Å². The van der Waals surface area contributed by atoms with E-state index in [0.29, 0.717) is 18.9 Å². The molecule has 92 valence electrons. The van der Waals surface area contributed by atoms with Crippen LogP contribution in [0.5, 0.6) is 0 Å². The molecule has 0 aliphatic heterocycles. The molecule has 18 heavy (non-hydrogen) atoms. The second kappa shape index (κ2) is 5.37. The zero-order valence-corrected chi connectivity index (χ0v) is 10.4. The number of hydrogen-bond donors (Lipinski definition) is 1. The molecule has 0 saturated heterocycles. The Morgan fingerprint density at radius 3 is 3.11 bits per heavy atom. The van der Waals surface area contributed by atoms with Crippen LogP contribution in [-0.2, 0) is 4.79 Å². The van der Waals surface area contributed by atoms with Crippen molar-refractivity contribution in [3.8, 4) is 11.8 Å². The minimum Gasteiger partial charge on any atom is -0.441 e.